The summed E-state index contributed by atoms with van der Waals surface area (Å²) in [5, 5.41) is 3.39. The molecular formula is C11H12ClNO2S. The number of rotatable bonds is 4. The van der Waals surface area contributed by atoms with Crippen molar-refractivity contribution < 1.29 is 9.53 Å². The fraction of sp³-hybridized carbons (Fsp3) is 0.364. The number of halogens is 1. The fourth-order valence-corrected chi connectivity index (χ4v) is 2.65. The van der Waals surface area contributed by atoms with Crippen molar-refractivity contribution in [1.82, 2.24) is 5.32 Å². The number of alkyl carbamates (subject to hydrolysis) is 1. The van der Waals surface area contributed by atoms with E-state index in [9.17, 15) is 4.79 Å². The summed E-state index contributed by atoms with van der Waals surface area (Å²) in [6.07, 6.45) is -0.315. The van der Waals surface area contributed by atoms with Gasteiger partial charge in [-0.2, -0.15) is 11.8 Å². The average molecular weight is 258 g/mol. The molecule has 1 aromatic carbocycles. The second kappa shape index (κ2) is 5.46. The van der Waals surface area contributed by atoms with E-state index in [0.717, 1.165) is 16.5 Å². The normalized spacial score (nSPS) is 19.3. The Kier molecular flexibility index (Phi) is 3.96. The molecule has 3 nitrogen and oxygen atoms in total. The van der Waals surface area contributed by atoms with E-state index in [-0.39, 0.29) is 12.2 Å². The highest BCUT2D eigenvalue weighted by Gasteiger charge is 2.21. The van der Waals surface area contributed by atoms with E-state index in [1.165, 1.54) is 5.56 Å². The monoisotopic (exact) mass is 257 g/mol. The summed E-state index contributed by atoms with van der Waals surface area (Å²) in [5.74, 6) is 1.69. The van der Waals surface area contributed by atoms with E-state index >= 15 is 0 Å². The van der Waals surface area contributed by atoms with Crippen LogP contribution in [0.1, 0.15) is 5.56 Å². The molecular weight excluding hydrogens is 246 g/mol. The Balaban J connectivity index is 1.74. The molecule has 1 fully saturated rings. The van der Waals surface area contributed by atoms with E-state index in [4.69, 9.17) is 16.3 Å². The van der Waals surface area contributed by atoms with E-state index < -0.39 is 0 Å². The third-order valence-electron chi connectivity index (χ3n) is 2.21. The number of cyclic esters (lactones) is 1. The summed E-state index contributed by atoms with van der Waals surface area (Å²) in [6, 6.07) is 7.79. The summed E-state index contributed by atoms with van der Waals surface area (Å²) in [4.78, 5) is 10.8. The minimum absolute atomic E-state index is 0.00307. The predicted octanol–water partition coefficient (Wildman–Crippen LogP) is 2.68. The van der Waals surface area contributed by atoms with Gasteiger partial charge >= 0.3 is 6.09 Å². The second-order valence-corrected chi connectivity index (χ2v) is 5.02. The smallest absolute Gasteiger partial charge is 0.407 e. The van der Waals surface area contributed by atoms with Gasteiger partial charge in [0.15, 0.2) is 0 Å². The average Bonchev–Trinajstić information content (AvgIpc) is 2.64. The zero-order chi connectivity index (χ0) is 11.4. The van der Waals surface area contributed by atoms with Crippen molar-refractivity contribution >= 4 is 29.5 Å². The Labute approximate surface area is 104 Å². The van der Waals surface area contributed by atoms with Crippen molar-refractivity contribution in [2.75, 3.05) is 12.3 Å². The molecule has 5 heteroatoms. The van der Waals surface area contributed by atoms with Gasteiger partial charge in [0.05, 0.1) is 6.54 Å². The lowest BCUT2D eigenvalue weighted by atomic mass is 10.2. The van der Waals surface area contributed by atoms with Crippen molar-refractivity contribution in [3.8, 4) is 0 Å². The molecule has 0 radical (unpaired) electrons. The number of hydrogen-bond acceptors (Lipinski definition) is 3. The molecule has 1 N–H and O–H groups in total. The lowest BCUT2D eigenvalue weighted by molar-refractivity contribution is 0.150. The van der Waals surface area contributed by atoms with Crippen LogP contribution in [0.15, 0.2) is 24.3 Å². The maximum atomic E-state index is 10.8. The summed E-state index contributed by atoms with van der Waals surface area (Å²) in [7, 11) is 0. The maximum Gasteiger partial charge on any atom is 0.407 e. The molecule has 1 aromatic rings. The molecule has 1 amide bonds. The van der Waals surface area contributed by atoms with Crippen LogP contribution in [-0.2, 0) is 10.5 Å². The second-order valence-electron chi connectivity index (χ2n) is 3.55. The van der Waals surface area contributed by atoms with Gasteiger partial charge in [0, 0.05) is 16.5 Å². The van der Waals surface area contributed by atoms with Crippen LogP contribution in [0.2, 0.25) is 5.02 Å². The Morgan fingerprint density at radius 1 is 1.56 bits per heavy atom. The largest absolute Gasteiger partial charge is 0.443 e. The summed E-state index contributed by atoms with van der Waals surface area (Å²) in [6.45, 7) is 0.612. The molecule has 86 valence electrons. The SMILES string of the molecule is O=C1NC[C@@H](CSCc2cccc(Cl)c2)O1. The number of benzene rings is 1. The number of thioether (sulfide) groups is 1. The summed E-state index contributed by atoms with van der Waals surface area (Å²) in [5.41, 5.74) is 1.19. The molecule has 1 aliphatic heterocycles. The quantitative estimate of drug-likeness (QED) is 0.901. The van der Waals surface area contributed by atoms with Gasteiger partial charge < -0.3 is 10.1 Å². The van der Waals surface area contributed by atoms with Crippen LogP contribution in [0, 0.1) is 0 Å². The molecule has 0 bridgehead atoms. The topological polar surface area (TPSA) is 38.3 Å². The van der Waals surface area contributed by atoms with Crippen LogP contribution in [0.5, 0.6) is 0 Å². The molecule has 0 spiro atoms. The molecule has 1 heterocycles. The molecule has 2 rings (SSSR count). The van der Waals surface area contributed by atoms with Gasteiger partial charge in [0.1, 0.15) is 6.10 Å². The van der Waals surface area contributed by atoms with Crippen LogP contribution >= 0.6 is 23.4 Å². The number of carbonyl (C=O) groups excluding carboxylic acids is 1. The van der Waals surface area contributed by atoms with Crippen LogP contribution in [0.3, 0.4) is 0 Å². The first-order valence-corrected chi connectivity index (χ1v) is 6.54. The fourth-order valence-electron chi connectivity index (χ4n) is 1.46. The third-order valence-corrected chi connectivity index (χ3v) is 3.59. The molecule has 0 aliphatic carbocycles. The van der Waals surface area contributed by atoms with Crippen LogP contribution < -0.4 is 5.32 Å². The van der Waals surface area contributed by atoms with E-state index in [2.05, 4.69) is 5.32 Å². The van der Waals surface area contributed by atoms with Crippen molar-refractivity contribution in [1.29, 1.82) is 0 Å². The van der Waals surface area contributed by atoms with Gasteiger partial charge in [-0.05, 0) is 17.7 Å². The van der Waals surface area contributed by atoms with E-state index in [1.54, 1.807) is 11.8 Å². The molecule has 16 heavy (non-hydrogen) atoms. The van der Waals surface area contributed by atoms with Gasteiger partial charge in [-0.15, -0.1) is 0 Å². The van der Waals surface area contributed by atoms with Crippen molar-refractivity contribution in [2.24, 2.45) is 0 Å². The number of carbonyl (C=O) groups is 1. The van der Waals surface area contributed by atoms with Crippen LogP contribution in [-0.4, -0.2) is 24.5 Å². The van der Waals surface area contributed by atoms with Crippen LogP contribution in [0.25, 0.3) is 0 Å². The number of amides is 1. The Morgan fingerprint density at radius 3 is 3.12 bits per heavy atom. The van der Waals surface area contributed by atoms with Crippen molar-refractivity contribution in [3.05, 3.63) is 34.9 Å². The molecule has 1 saturated heterocycles. The molecule has 1 atom stereocenters. The maximum absolute atomic E-state index is 10.8. The van der Waals surface area contributed by atoms with Gasteiger partial charge in [-0.3, -0.25) is 0 Å². The highest BCUT2D eigenvalue weighted by molar-refractivity contribution is 7.98. The highest BCUT2D eigenvalue weighted by atomic mass is 35.5. The Bertz CT molecular complexity index is 386. The Hall–Kier alpha value is -0.870. The van der Waals surface area contributed by atoms with Gasteiger partial charge in [-0.1, -0.05) is 23.7 Å². The van der Waals surface area contributed by atoms with Crippen molar-refractivity contribution in [2.45, 2.75) is 11.9 Å². The van der Waals surface area contributed by atoms with Gasteiger partial charge in [-0.25, -0.2) is 4.79 Å². The molecule has 0 unspecified atom stereocenters. The first-order valence-electron chi connectivity index (χ1n) is 5.01. The lowest BCUT2D eigenvalue weighted by Gasteiger charge is -2.07. The highest BCUT2D eigenvalue weighted by Crippen LogP contribution is 2.18. The minimum Gasteiger partial charge on any atom is -0.443 e. The first-order chi connectivity index (χ1) is 7.74. The standard InChI is InChI=1S/C11H12ClNO2S/c12-9-3-1-2-8(4-9)6-16-7-10-5-13-11(14)15-10/h1-4,10H,5-7H2,(H,13,14)/t10-/m0/s1. The number of hydrogen-bond donors (Lipinski definition) is 1. The van der Waals surface area contributed by atoms with Crippen LogP contribution in [0.4, 0.5) is 4.79 Å². The minimum atomic E-state index is -0.312. The predicted molar refractivity (Wildman–Crippen MR) is 65.9 cm³/mol. The molecule has 0 aromatic heterocycles. The van der Waals surface area contributed by atoms with E-state index in [0.29, 0.717) is 6.54 Å². The summed E-state index contributed by atoms with van der Waals surface area (Å²) >= 11 is 7.62. The van der Waals surface area contributed by atoms with Crippen molar-refractivity contribution in [3.63, 3.8) is 0 Å². The van der Waals surface area contributed by atoms with Gasteiger partial charge in [0.2, 0.25) is 0 Å². The molecule has 0 saturated carbocycles. The van der Waals surface area contributed by atoms with E-state index in [1.807, 2.05) is 24.3 Å². The number of ether oxygens (including phenoxy) is 1. The third kappa shape index (κ3) is 3.32. The first kappa shape index (κ1) is 11.6. The van der Waals surface area contributed by atoms with Gasteiger partial charge in [0.25, 0.3) is 0 Å². The number of nitrogens with one attached hydrogen (secondary N) is 1. The lowest BCUT2D eigenvalue weighted by Crippen LogP contribution is -2.16. The summed E-state index contributed by atoms with van der Waals surface area (Å²) < 4.78 is 5.03. The molecule has 1 aliphatic rings. The zero-order valence-corrected chi connectivity index (χ0v) is 10.2. The Morgan fingerprint density at radius 2 is 2.44 bits per heavy atom. The zero-order valence-electron chi connectivity index (χ0n) is 8.61.